The van der Waals surface area contributed by atoms with Crippen LogP contribution in [0.25, 0.3) is 10.9 Å². The van der Waals surface area contributed by atoms with Crippen LogP contribution in [0.5, 0.6) is 0 Å². The first-order valence-corrected chi connectivity index (χ1v) is 10.1. The van der Waals surface area contributed by atoms with E-state index in [0.717, 1.165) is 23.2 Å². The number of pyridine rings is 1. The number of carbonyl (C=O) groups excluding carboxylic acids is 1. The van der Waals surface area contributed by atoms with E-state index in [-0.39, 0.29) is 11.8 Å². The Morgan fingerprint density at radius 1 is 1.03 bits per heavy atom. The molecule has 0 radical (unpaired) electrons. The van der Waals surface area contributed by atoms with Gasteiger partial charge in [0.15, 0.2) is 0 Å². The van der Waals surface area contributed by atoms with E-state index in [1.54, 1.807) is 6.20 Å². The zero-order valence-corrected chi connectivity index (χ0v) is 16.6. The van der Waals surface area contributed by atoms with Gasteiger partial charge in [-0.25, -0.2) is 0 Å². The molecule has 0 aliphatic heterocycles. The van der Waals surface area contributed by atoms with Gasteiger partial charge in [0, 0.05) is 35.6 Å². The highest BCUT2D eigenvalue weighted by Gasteiger charge is 2.21. The van der Waals surface area contributed by atoms with Crippen molar-refractivity contribution in [3.63, 3.8) is 0 Å². The first-order chi connectivity index (χ1) is 14.3. The summed E-state index contributed by atoms with van der Waals surface area (Å²) in [5.41, 5.74) is 5.62. The van der Waals surface area contributed by atoms with E-state index >= 15 is 0 Å². The van der Waals surface area contributed by atoms with Crippen molar-refractivity contribution < 1.29 is 4.79 Å². The van der Waals surface area contributed by atoms with E-state index in [2.05, 4.69) is 58.7 Å². The minimum atomic E-state index is -0.0132. The van der Waals surface area contributed by atoms with Crippen LogP contribution < -0.4 is 5.32 Å². The molecule has 0 aliphatic carbocycles. The highest BCUT2D eigenvalue weighted by atomic mass is 16.1. The number of nitrogens with one attached hydrogen (secondary N) is 2. The fraction of sp³-hybridized carbons (Fsp3) is 0.200. The van der Waals surface area contributed by atoms with Gasteiger partial charge in [-0.15, -0.1) is 0 Å². The van der Waals surface area contributed by atoms with Crippen molar-refractivity contribution in [2.75, 3.05) is 0 Å². The van der Waals surface area contributed by atoms with Crippen LogP contribution in [0, 0.1) is 0 Å². The number of para-hydroxylation sites is 1. The highest BCUT2D eigenvalue weighted by molar-refractivity contribution is 5.88. The number of benzene rings is 2. The summed E-state index contributed by atoms with van der Waals surface area (Å²) in [4.78, 5) is 20.5. The Hall–Kier alpha value is -3.40. The predicted molar refractivity (Wildman–Crippen MR) is 117 cm³/mol. The van der Waals surface area contributed by atoms with Crippen LogP contribution in [0.2, 0.25) is 0 Å². The number of amides is 1. The van der Waals surface area contributed by atoms with Crippen molar-refractivity contribution in [1.29, 1.82) is 0 Å². The fourth-order valence-corrected chi connectivity index (χ4v) is 3.86. The average Bonchev–Trinajstić information content (AvgIpc) is 3.21. The second-order valence-corrected chi connectivity index (χ2v) is 7.20. The van der Waals surface area contributed by atoms with Crippen molar-refractivity contribution in [2.45, 2.75) is 32.2 Å². The lowest BCUT2D eigenvalue weighted by Crippen LogP contribution is -2.25. The minimum Gasteiger partial charge on any atom is -0.361 e. The third kappa shape index (κ3) is 4.21. The molecule has 1 atom stereocenters. The van der Waals surface area contributed by atoms with Gasteiger partial charge in [-0.2, -0.15) is 0 Å². The number of aromatic nitrogens is 2. The summed E-state index contributed by atoms with van der Waals surface area (Å²) in [5, 5.41) is 4.21. The molecule has 0 saturated heterocycles. The third-order valence-corrected chi connectivity index (χ3v) is 5.37. The van der Waals surface area contributed by atoms with Crippen molar-refractivity contribution in [3.05, 3.63) is 102 Å². The number of aryl methyl sites for hydroxylation is 1. The molecule has 29 heavy (non-hydrogen) atoms. The SMILES string of the molecule is CCc1cccc2c(C(CC(=O)NCc3ccccn3)c3ccccc3)c[nH]c12. The maximum Gasteiger partial charge on any atom is 0.221 e. The van der Waals surface area contributed by atoms with Gasteiger partial charge in [0.1, 0.15) is 0 Å². The molecule has 0 aliphatic rings. The molecule has 4 aromatic rings. The van der Waals surface area contributed by atoms with E-state index < -0.39 is 0 Å². The topological polar surface area (TPSA) is 57.8 Å². The molecule has 0 bridgehead atoms. The fourth-order valence-electron chi connectivity index (χ4n) is 3.86. The van der Waals surface area contributed by atoms with Crippen LogP contribution >= 0.6 is 0 Å². The lowest BCUT2D eigenvalue weighted by Gasteiger charge is -2.17. The number of hydrogen-bond acceptors (Lipinski definition) is 2. The summed E-state index contributed by atoms with van der Waals surface area (Å²) in [6.07, 6.45) is 5.16. The molecular formula is C25H25N3O. The van der Waals surface area contributed by atoms with E-state index in [1.165, 1.54) is 16.5 Å². The van der Waals surface area contributed by atoms with Crippen LogP contribution in [0.15, 0.2) is 79.1 Å². The van der Waals surface area contributed by atoms with Crippen molar-refractivity contribution in [2.24, 2.45) is 0 Å². The number of carbonyl (C=O) groups is 1. The van der Waals surface area contributed by atoms with Gasteiger partial charge >= 0.3 is 0 Å². The number of H-pyrrole nitrogens is 1. The highest BCUT2D eigenvalue weighted by Crippen LogP contribution is 2.34. The molecule has 2 aromatic heterocycles. The van der Waals surface area contributed by atoms with E-state index in [9.17, 15) is 4.79 Å². The molecule has 4 nitrogen and oxygen atoms in total. The van der Waals surface area contributed by atoms with Crippen molar-refractivity contribution in [3.8, 4) is 0 Å². The maximum atomic E-state index is 12.8. The second-order valence-electron chi connectivity index (χ2n) is 7.20. The van der Waals surface area contributed by atoms with Crippen LogP contribution in [-0.2, 0) is 17.8 Å². The number of fused-ring (bicyclic) bond motifs is 1. The van der Waals surface area contributed by atoms with Gasteiger partial charge in [-0.05, 0) is 35.2 Å². The molecule has 0 spiro atoms. The van der Waals surface area contributed by atoms with Gasteiger partial charge in [0.2, 0.25) is 5.91 Å². The van der Waals surface area contributed by atoms with Crippen molar-refractivity contribution >= 4 is 16.8 Å². The summed E-state index contributed by atoms with van der Waals surface area (Å²) in [7, 11) is 0. The zero-order valence-electron chi connectivity index (χ0n) is 16.6. The molecular weight excluding hydrogens is 358 g/mol. The second kappa shape index (κ2) is 8.74. The van der Waals surface area contributed by atoms with Crippen LogP contribution in [0.1, 0.15) is 41.6 Å². The van der Waals surface area contributed by atoms with Crippen LogP contribution in [-0.4, -0.2) is 15.9 Å². The van der Waals surface area contributed by atoms with E-state index in [4.69, 9.17) is 0 Å². The quantitative estimate of drug-likeness (QED) is 0.474. The first kappa shape index (κ1) is 18.9. The Morgan fingerprint density at radius 3 is 2.62 bits per heavy atom. The Kier molecular flexibility index (Phi) is 5.71. The number of aromatic amines is 1. The largest absolute Gasteiger partial charge is 0.361 e. The van der Waals surface area contributed by atoms with Gasteiger partial charge in [0.05, 0.1) is 12.2 Å². The Bertz CT molecular complexity index is 1090. The smallest absolute Gasteiger partial charge is 0.221 e. The third-order valence-electron chi connectivity index (χ3n) is 5.37. The van der Waals surface area contributed by atoms with Crippen LogP contribution in [0.4, 0.5) is 0 Å². The Morgan fingerprint density at radius 2 is 1.86 bits per heavy atom. The molecule has 2 N–H and O–H groups in total. The van der Waals surface area contributed by atoms with E-state index in [0.29, 0.717) is 13.0 Å². The summed E-state index contributed by atoms with van der Waals surface area (Å²) in [6, 6.07) is 22.4. The molecule has 4 rings (SSSR count). The average molecular weight is 383 g/mol. The van der Waals surface area contributed by atoms with Crippen molar-refractivity contribution in [1.82, 2.24) is 15.3 Å². The zero-order chi connectivity index (χ0) is 20.1. The number of rotatable bonds is 7. The molecule has 1 unspecified atom stereocenters. The first-order valence-electron chi connectivity index (χ1n) is 10.1. The number of hydrogen-bond donors (Lipinski definition) is 2. The summed E-state index contributed by atoms with van der Waals surface area (Å²) >= 11 is 0. The normalized spacial score (nSPS) is 12.0. The van der Waals surface area contributed by atoms with Crippen LogP contribution in [0.3, 0.4) is 0 Å². The van der Waals surface area contributed by atoms with Gasteiger partial charge in [-0.3, -0.25) is 9.78 Å². The molecule has 0 saturated carbocycles. The lowest BCUT2D eigenvalue weighted by molar-refractivity contribution is -0.121. The van der Waals surface area contributed by atoms with Gasteiger partial charge in [-0.1, -0.05) is 61.5 Å². The lowest BCUT2D eigenvalue weighted by atomic mass is 9.87. The summed E-state index contributed by atoms with van der Waals surface area (Å²) in [6.45, 7) is 2.60. The molecule has 4 heteroatoms. The molecule has 1 amide bonds. The molecule has 2 heterocycles. The maximum absolute atomic E-state index is 12.8. The van der Waals surface area contributed by atoms with Gasteiger partial charge < -0.3 is 10.3 Å². The molecule has 2 aromatic carbocycles. The predicted octanol–water partition coefficient (Wildman–Crippen LogP) is 4.96. The Balaban J connectivity index is 1.62. The molecule has 146 valence electrons. The van der Waals surface area contributed by atoms with E-state index in [1.807, 2.05) is 36.4 Å². The summed E-state index contributed by atoms with van der Waals surface area (Å²) < 4.78 is 0. The van der Waals surface area contributed by atoms with Gasteiger partial charge in [0.25, 0.3) is 0 Å². The minimum absolute atomic E-state index is 0.0132. The standard InChI is InChI=1S/C25H25N3O/c1-2-18-11-8-13-21-23(17-28-25(18)21)22(19-9-4-3-5-10-19)15-24(29)27-16-20-12-6-7-14-26-20/h3-14,17,22,28H,2,15-16H2,1H3,(H,27,29). The summed E-state index contributed by atoms with van der Waals surface area (Å²) in [5.74, 6) is 0.00582. The number of nitrogens with zero attached hydrogens (tertiary/aromatic N) is 1. The Labute approximate surface area is 171 Å². The molecule has 0 fully saturated rings. The monoisotopic (exact) mass is 383 g/mol.